The summed E-state index contributed by atoms with van der Waals surface area (Å²) >= 11 is 0. The molecule has 0 aromatic heterocycles. The van der Waals surface area contributed by atoms with Crippen molar-refractivity contribution in [2.24, 2.45) is 11.8 Å². The van der Waals surface area contributed by atoms with Gasteiger partial charge in [-0.1, -0.05) is 103 Å². The van der Waals surface area contributed by atoms with Crippen LogP contribution in [-0.4, -0.2) is 0 Å². The number of hydrogen-bond donors (Lipinski definition) is 0. The summed E-state index contributed by atoms with van der Waals surface area (Å²) < 4.78 is 0. The molecule has 0 aliphatic heterocycles. The Morgan fingerprint density at radius 3 is 1.50 bits per heavy atom. The maximum atomic E-state index is 2.49. The fraction of sp³-hybridized carbons (Fsp3) is 0.750. The molecule has 2 atom stereocenters. The van der Waals surface area contributed by atoms with E-state index in [9.17, 15) is 0 Å². The Hall–Kier alpha value is -0.780. The highest BCUT2D eigenvalue weighted by atomic mass is 14.1. The van der Waals surface area contributed by atoms with Crippen molar-refractivity contribution in [3.05, 3.63) is 35.4 Å². The van der Waals surface area contributed by atoms with Crippen molar-refractivity contribution >= 4 is 0 Å². The van der Waals surface area contributed by atoms with Gasteiger partial charge in [0.2, 0.25) is 0 Å². The molecular weight excluding hydrogens is 288 g/mol. The summed E-state index contributed by atoms with van der Waals surface area (Å²) in [6, 6.07) is 9.44. The molecule has 0 radical (unpaired) electrons. The van der Waals surface area contributed by atoms with Gasteiger partial charge in [-0.15, -0.1) is 0 Å². The highest BCUT2D eigenvalue weighted by Gasteiger charge is 2.08. The third-order valence-corrected chi connectivity index (χ3v) is 5.76. The summed E-state index contributed by atoms with van der Waals surface area (Å²) in [5.74, 6) is 1.85. The molecule has 2 unspecified atom stereocenters. The van der Waals surface area contributed by atoms with Gasteiger partial charge in [0.25, 0.3) is 0 Å². The molecular formula is C24H42. The molecule has 1 rings (SSSR count). The smallest absolute Gasteiger partial charge is 0.0276 e. The predicted octanol–water partition coefficient (Wildman–Crippen LogP) is 7.98. The van der Waals surface area contributed by atoms with E-state index < -0.39 is 0 Å². The van der Waals surface area contributed by atoms with E-state index in [0.717, 1.165) is 11.8 Å². The van der Waals surface area contributed by atoms with E-state index in [2.05, 4.69) is 52.0 Å². The van der Waals surface area contributed by atoms with Crippen LogP contribution in [-0.2, 0) is 12.8 Å². The first-order chi connectivity index (χ1) is 11.7. The maximum Gasteiger partial charge on any atom is -0.0276 e. The monoisotopic (exact) mass is 330 g/mol. The van der Waals surface area contributed by atoms with Gasteiger partial charge >= 0.3 is 0 Å². The number of rotatable bonds is 14. The van der Waals surface area contributed by atoms with Crippen molar-refractivity contribution in [3.8, 4) is 0 Å². The van der Waals surface area contributed by atoms with Crippen molar-refractivity contribution in [2.45, 2.75) is 105 Å². The van der Waals surface area contributed by atoms with Gasteiger partial charge in [-0.05, 0) is 48.6 Å². The maximum absolute atomic E-state index is 2.49. The molecule has 24 heavy (non-hydrogen) atoms. The van der Waals surface area contributed by atoms with Crippen LogP contribution in [0.5, 0.6) is 0 Å². The Labute approximate surface area is 152 Å². The number of aryl methyl sites for hydroxylation is 2. The minimum absolute atomic E-state index is 0.923. The van der Waals surface area contributed by atoms with E-state index in [1.165, 1.54) is 77.0 Å². The van der Waals surface area contributed by atoms with Crippen LogP contribution in [0.2, 0.25) is 0 Å². The molecule has 0 N–H and O–H groups in total. The first-order valence-electron chi connectivity index (χ1n) is 10.8. The standard InChI is InChI=1S/C24H42/c1-5-9-12-21(7-3)16-18-23-14-11-15-24(20-23)19-17-22(8-4)13-10-6-2/h11,14-15,20-22H,5-10,12-13,16-19H2,1-4H3. The van der Waals surface area contributed by atoms with Gasteiger partial charge < -0.3 is 0 Å². The normalized spacial score (nSPS) is 13.8. The largest absolute Gasteiger partial charge is 0.0654 e. The zero-order valence-electron chi connectivity index (χ0n) is 16.9. The molecule has 0 fully saturated rings. The van der Waals surface area contributed by atoms with Crippen LogP contribution < -0.4 is 0 Å². The molecule has 1 aromatic rings. The Bertz CT molecular complexity index is 371. The average molecular weight is 331 g/mol. The zero-order chi connectivity index (χ0) is 17.6. The highest BCUT2D eigenvalue weighted by Crippen LogP contribution is 2.22. The summed E-state index contributed by atoms with van der Waals surface area (Å²) in [6.07, 6.45) is 16.3. The second-order valence-corrected chi connectivity index (χ2v) is 7.73. The minimum atomic E-state index is 0.923. The van der Waals surface area contributed by atoms with Crippen molar-refractivity contribution in [1.29, 1.82) is 0 Å². The van der Waals surface area contributed by atoms with E-state index in [4.69, 9.17) is 0 Å². The van der Waals surface area contributed by atoms with E-state index in [1.807, 2.05) is 0 Å². The van der Waals surface area contributed by atoms with Gasteiger partial charge in [-0.25, -0.2) is 0 Å². The van der Waals surface area contributed by atoms with Gasteiger partial charge in [0.1, 0.15) is 0 Å². The molecule has 0 bridgehead atoms. The van der Waals surface area contributed by atoms with Crippen molar-refractivity contribution in [2.75, 3.05) is 0 Å². The van der Waals surface area contributed by atoms with E-state index in [-0.39, 0.29) is 0 Å². The number of unbranched alkanes of at least 4 members (excludes halogenated alkanes) is 2. The van der Waals surface area contributed by atoms with Crippen molar-refractivity contribution < 1.29 is 0 Å². The van der Waals surface area contributed by atoms with Crippen molar-refractivity contribution in [3.63, 3.8) is 0 Å². The molecule has 0 saturated heterocycles. The summed E-state index contributed by atoms with van der Waals surface area (Å²) in [5.41, 5.74) is 3.12. The van der Waals surface area contributed by atoms with Crippen LogP contribution in [0.3, 0.4) is 0 Å². The molecule has 0 amide bonds. The molecule has 0 aliphatic carbocycles. The van der Waals surface area contributed by atoms with Gasteiger partial charge in [-0.3, -0.25) is 0 Å². The summed E-state index contributed by atoms with van der Waals surface area (Å²) in [4.78, 5) is 0. The van der Waals surface area contributed by atoms with Crippen molar-refractivity contribution in [1.82, 2.24) is 0 Å². The Balaban J connectivity index is 2.44. The van der Waals surface area contributed by atoms with Gasteiger partial charge in [0, 0.05) is 0 Å². The molecule has 0 heterocycles. The van der Waals surface area contributed by atoms with Gasteiger partial charge in [-0.2, -0.15) is 0 Å². The molecule has 0 nitrogen and oxygen atoms in total. The number of hydrogen-bond acceptors (Lipinski definition) is 0. The predicted molar refractivity (Wildman–Crippen MR) is 110 cm³/mol. The third kappa shape index (κ3) is 8.90. The van der Waals surface area contributed by atoms with Crippen LogP contribution in [0, 0.1) is 11.8 Å². The van der Waals surface area contributed by atoms with Crippen LogP contribution in [0.1, 0.15) is 103 Å². The molecule has 0 saturated carbocycles. The fourth-order valence-electron chi connectivity index (χ4n) is 3.77. The minimum Gasteiger partial charge on any atom is -0.0654 e. The van der Waals surface area contributed by atoms with Gasteiger partial charge in [0.15, 0.2) is 0 Å². The lowest BCUT2D eigenvalue weighted by atomic mass is 9.90. The van der Waals surface area contributed by atoms with Gasteiger partial charge in [0.05, 0.1) is 0 Å². The molecule has 138 valence electrons. The first kappa shape index (κ1) is 21.3. The topological polar surface area (TPSA) is 0 Å². The lowest BCUT2D eigenvalue weighted by Gasteiger charge is -2.16. The van der Waals surface area contributed by atoms with Crippen LogP contribution in [0.15, 0.2) is 24.3 Å². The SMILES string of the molecule is CCCCC(CC)CCc1cccc(CCC(CC)CCCC)c1. The fourth-order valence-corrected chi connectivity index (χ4v) is 3.77. The third-order valence-electron chi connectivity index (χ3n) is 5.76. The van der Waals surface area contributed by atoms with Crippen LogP contribution in [0.4, 0.5) is 0 Å². The molecule has 0 aliphatic rings. The second-order valence-electron chi connectivity index (χ2n) is 7.73. The first-order valence-corrected chi connectivity index (χ1v) is 10.8. The van der Waals surface area contributed by atoms with E-state index in [0.29, 0.717) is 0 Å². The zero-order valence-corrected chi connectivity index (χ0v) is 16.9. The Kier molecular flexibility index (Phi) is 12.0. The summed E-state index contributed by atoms with van der Waals surface area (Å²) in [5, 5.41) is 0. The van der Waals surface area contributed by atoms with Crippen LogP contribution >= 0.6 is 0 Å². The Morgan fingerprint density at radius 2 is 1.12 bits per heavy atom. The number of benzene rings is 1. The molecule has 0 spiro atoms. The molecule has 0 heteroatoms. The van der Waals surface area contributed by atoms with Crippen LogP contribution in [0.25, 0.3) is 0 Å². The second kappa shape index (κ2) is 13.5. The summed E-state index contributed by atoms with van der Waals surface area (Å²) in [7, 11) is 0. The summed E-state index contributed by atoms with van der Waals surface area (Å²) in [6.45, 7) is 9.33. The van der Waals surface area contributed by atoms with E-state index >= 15 is 0 Å². The lowest BCUT2D eigenvalue weighted by Crippen LogP contribution is -2.03. The lowest BCUT2D eigenvalue weighted by molar-refractivity contribution is 0.420. The average Bonchev–Trinajstić information content (AvgIpc) is 2.62. The molecule has 1 aromatic carbocycles. The van der Waals surface area contributed by atoms with E-state index in [1.54, 1.807) is 11.1 Å². The quantitative estimate of drug-likeness (QED) is 0.324. The Morgan fingerprint density at radius 1 is 0.667 bits per heavy atom. The highest BCUT2D eigenvalue weighted by molar-refractivity contribution is 5.23.